The second kappa shape index (κ2) is 9.43. The Bertz CT molecular complexity index is 932. The van der Waals surface area contributed by atoms with Crippen LogP contribution in [0.3, 0.4) is 0 Å². The molecule has 1 aromatic heterocycles. The lowest BCUT2D eigenvalue weighted by Crippen LogP contribution is -2.42. The first-order valence-corrected chi connectivity index (χ1v) is 11.1. The van der Waals surface area contributed by atoms with E-state index in [9.17, 15) is 19.5 Å². The number of amides is 1. The first kappa shape index (κ1) is 22.0. The van der Waals surface area contributed by atoms with Crippen LogP contribution in [-0.4, -0.2) is 23.9 Å². The van der Waals surface area contributed by atoms with E-state index in [1.54, 1.807) is 13.8 Å². The highest BCUT2D eigenvalue weighted by Gasteiger charge is 2.33. The Hall–Kier alpha value is -2.67. The molecule has 6 nitrogen and oxygen atoms in total. The van der Waals surface area contributed by atoms with Crippen LogP contribution < -0.4 is 10.4 Å². The first-order chi connectivity index (χ1) is 14.3. The summed E-state index contributed by atoms with van der Waals surface area (Å²) in [6, 6.07) is 7.75. The topological polar surface area (TPSA) is 95.5 Å². The molecule has 0 bridgehead atoms. The fraction of sp³-hybridized carbons (Fsp3) is 0.435. The molecule has 0 radical (unpaired) electrons. The van der Waals surface area contributed by atoms with Crippen molar-refractivity contribution < 1.29 is 24.2 Å². The fourth-order valence-corrected chi connectivity index (χ4v) is 4.76. The Labute approximate surface area is 180 Å². The number of thiophene rings is 1. The molecule has 1 aliphatic carbocycles. The van der Waals surface area contributed by atoms with Crippen molar-refractivity contribution in [2.45, 2.75) is 52.6 Å². The van der Waals surface area contributed by atoms with Gasteiger partial charge in [0.15, 0.2) is 0 Å². The molecule has 2 aromatic rings. The summed E-state index contributed by atoms with van der Waals surface area (Å²) < 4.78 is 5.42. The Morgan fingerprint density at radius 1 is 1.10 bits per heavy atom. The van der Waals surface area contributed by atoms with Crippen LogP contribution >= 0.6 is 11.3 Å². The number of aliphatic carboxylic acids is 1. The lowest BCUT2D eigenvalue weighted by atomic mass is 9.79. The number of esters is 1. The Balaban J connectivity index is 1.93. The maximum Gasteiger partial charge on any atom is 0.342 e. The van der Waals surface area contributed by atoms with Gasteiger partial charge in [-0.25, -0.2) is 4.79 Å². The van der Waals surface area contributed by atoms with Gasteiger partial charge in [-0.1, -0.05) is 42.7 Å². The van der Waals surface area contributed by atoms with Gasteiger partial charge < -0.3 is 20.0 Å². The van der Waals surface area contributed by atoms with Crippen molar-refractivity contribution in [1.29, 1.82) is 0 Å². The highest BCUT2D eigenvalue weighted by Crippen LogP contribution is 2.38. The predicted molar refractivity (Wildman–Crippen MR) is 114 cm³/mol. The second-order valence-electron chi connectivity index (χ2n) is 7.98. The minimum atomic E-state index is -1.19. The zero-order valence-electron chi connectivity index (χ0n) is 17.4. The molecule has 1 aliphatic rings. The number of aryl methyl sites for hydroxylation is 1. The molecule has 0 spiro atoms. The zero-order chi connectivity index (χ0) is 21.8. The summed E-state index contributed by atoms with van der Waals surface area (Å²) in [6.45, 7) is 5.51. The number of carboxylic acid groups (broad SMARTS) is 1. The molecule has 1 aromatic carbocycles. The number of ether oxygens (including phenoxy) is 1. The van der Waals surface area contributed by atoms with Crippen molar-refractivity contribution in [1.82, 2.24) is 0 Å². The summed E-state index contributed by atoms with van der Waals surface area (Å²) in [5.74, 6) is -3.57. The summed E-state index contributed by atoms with van der Waals surface area (Å²) in [5.41, 5.74) is 2.92. The van der Waals surface area contributed by atoms with Crippen molar-refractivity contribution in [2.24, 2.45) is 11.8 Å². The van der Waals surface area contributed by atoms with Crippen molar-refractivity contribution in [3.05, 3.63) is 40.8 Å². The van der Waals surface area contributed by atoms with Crippen LogP contribution in [0, 0.1) is 18.8 Å². The van der Waals surface area contributed by atoms with Gasteiger partial charge in [-0.15, -0.1) is 11.3 Å². The second-order valence-corrected chi connectivity index (χ2v) is 8.86. The van der Waals surface area contributed by atoms with Crippen LogP contribution in [0.4, 0.5) is 5.00 Å². The fourth-order valence-electron chi connectivity index (χ4n) is 3.80. The molecule has 7 heteroatoms. The number of anilines is 1. The van der Waals surface area contributed by atoms with E-state index in [1.165, 1.54) is 11.3 Å². The SMILES string of the molecule is Cc1ccc(-c2csc(NC(=O)C3CCCCC3C(=O)[O-])c2C(=O)OC(C)C)cc1. The normalized spacial score (nSPS) is 18.8. The van der Waals surface area contributed by atoms with Gasteiger partial charge in [-0.2, -0.15) is 0 Å². The number of hydrogen-bond donors (Lipinski definition) is 1. The summed E-state index contributed by atoms with van der Waals surface area (Å²) in [6.07, 6.45) is 2.18. The maximum atomic E-state index is 12.9. The van der Waals surface area contributed by atoms with Gasteiger partial charge >= 0.3 is 5.97 Å². The number of rotatable bonds is 6. The van der Waals surface area contributed by atoms with Gasteiger partial charge in [0, 0.05) is 28.7 Å². The number of nitrogens with one attached hydrogen (secondary N) is 1. The molecule has 1 N–H and O–H groups in total. The average molecular weight is 429 g/mol. The number of benzene rings is 1. The molecule has 3 rings (SSSR count). The predicted octanol–water partition coefficient (Wildman–Crippen LogP) is 3.78. The van der Waals surface area contributed by atoms with Crippen LogP contribution in [0.2, 0.25) is 0 Å². The van der Waals surface area contributed by atoms with Crippen LogP contribution in [0.25, 0.3) is 11.1 Å². The quantitative estimate of drug-likeness (QED) is 0.707. The maximum absolute atomic E-state index is 12.9. The monoisotopic (exact) mass is 428 g/mol. The van der Waals surface area contributed by atoms with Crippen LogP contribution in [-0.2, 0) is 14.3 Å². The molecule has 0 aliphatic heterocycles. The van der Waals surface area contributed by atoms with Crippen molar-refractivity contribution >= 4 is 34.2 Å². The molecular formula is C23H26NO5S-. The minimum Gasteiger partial charge on any atom is -0.550 e. The highest BCUT2D eigenvalue weighted by molar-refractivity contribution is 7.15. The Morgan fingerprint density at radius 2 is 1.73 bits per heavy atom. The Morgan fingerprint density at radius 3 is 2.33 bits per heavy atom. The molecule has 1 amide bonds. The minimum absolute atomic E-state index is 0.298. The number of hydrogen-bond acceptors (Lipinski definition) is 6. The standard InChI is InChI=1S/C23H27NO5S/c1-13(2)29-23(28)19-18(15-10-8-14(3)9-11-15)12-30-21(19)24-20(25)16-6-4-5-7-17(16)22(26)27/h8-13,16-17H,4-7H2,1-3H3,(H,24,25)(H,26,27)/p-1. The van der Waals surface area contributed by atoms with E-state index in [0.29, 0.717) is 29.0 Å². The van der Waals surface area contributed by atoms with Crippen molar-refractivity contribution in [2.75, 3.05) is 5.32 Å². The Kier molecular flexibility index (Phi) is 6.92. The molecular weight excluding hydrogens is 402 g/mol. The van der Waals surface area contributed by atoms with E-state index >= 15 is 0 Å². The van der Waals surface area contributed by atoms with Gasteiger partial charge in [-0.05, 0) is 39.2 Å². The molecule has 1 heterocycles. The van der Waals surface area contributed by atoms with Crippen molar-refractivity contribution in [3.8, 4) is 11.1 Å². The third kappa shape index (κ3) is 4.90. The molecule has 0 saturated heterocycles. The molecule has 160 valence electrons. The van der Waals surface area contributed by atoms with Gasteiger partial charge in [0.05, 0.1) is 6.10 Å². The van der Waals surface area contributed by atoms with E-state index in [2.05, 4.69) is 5.32 Å². The molecule has 2 unspecified atom stereocenters. The summed E-state index contributed by atoms with van der Waals surface area (Å²) >= 11 is 1.24. The lowest BCUT2D eigenvalue weighted by molar-refractivity contribution is -0.313. The van der Waals surface area contributed by atoms with Crippen LogP contribution in [0.5, 0.6) is 0 Å². The van der Waals surface area contributed by atoms with E-state index in [-0.39, 0.29) is 12.0 Å². The average Bonchev–Trinajstić information content (AvgIpc) is 3.11. The highest BCUT2D eigenvalue weighted by atomic mass is 32.1. The van der Waals surface area contributed by atoms with E-state index in [1.807, 2.05) is 36.6 Å². The van der Waals surface area contributed by atoms with Gasteiger partial charge in [0.1, 0.15) is 10.6 Å². The van der Waals surface area contributed by atoms with Gasteiger partial charge in [0.25, 0.3) is 0 Å². The third-order valence-electron chi connectivity index (χ3n) is 5.34. The number of carbonyl (C=O) groups excluding carboxylic acids is 3. The third-order valence-corrected chi connectivity index (χ3v) is 6.24. The smallest absolute Gasteiger partial charge is 0.342 e. The summed E-state index contributed by atoms with van der Waals surface area (Å²) in [4.78, 5) is 37.3. The van der Waals surface area contributed by atoms with E-state index in [0.717, 1.165) is 24.0 Å². The number of carboxylic acids is 1. The summed E-state index contributed by atoms with van der Waals surface area (Å²) in [7, 11) is 0. The van der Waals surface area contributed by atoms with E-state index < -0.39 is 23.8 Å². The molecule has 2 atom stereocenters. The lowest BCUT2D eigenvalue weighted by Gasteiger charge is -2.31. The first-order valence-electron chi connectivity index (χ1n) is 10.2. The van der Waals surface area contributed by atoms with Crippen molar-refractivity contribution in [3.63, 3.8) is 0 Å². The van der Waals surface area contributed by atoms with Crippen LogP contribution in [0.15, 0.2) is 29.6 Å². The summed E-state index contributed by atoms with van der Waals surface area (Å²) in [5, 5.41) is 16.5. The number of carbonyl (C=O) groups is 3. The molecule has 1 fully saturated rings. The van der Waals surface area contributed by atoms with Crippen LogP contribution in [0.1, 0.15) is 55.5 Å². The zero-order valence-corrected chi connectivity index (χ0v) is 18.2. The molecule has 1 saturated carbocycles. The largest absolute Gasteiger partial charge is 0.550 e. The van der Waals surface area contributed by atoms with E-state index in [4.69, 9.17) is 4.74 Å². The van der Waals surface area contributed by atoms with Gasteiger partial charge in [-0.3, -0.25) is 4.79 Å². The molecule has 30 heavy (non-hydrogen) atoms. The van der Waals surface area contributed by atoms with Gasteiger partial charge in [0.2, 0.25) is 5.91 Å².